The molecule has 0 heterocycles. The Labute approximate surface area is 167 Å². The van der Waals surface area contributed by atoms with Crippen LogP contribution in [0.3, 0.4) is 0 Å². The lowest BCUT2D eigenvalue weighted by atomic mass is 10.0. The normalized spacial score (nSPS) is 21.3. The summed E-state index contributed by atoms with van der Waals surface area (Å²) in [5.41, 5.74) is 2.24. The van der Waals surface area contributed by atoms with Gasteiger partial charge in [0, 0.05) is 0 Å². The predicted molar refractivity (Wildman–Crippen MR) is 102 cm³/mol. The van der Waals surface area contributed by atoms with Crippen LogP contribution < -0.4 is 0 Å². The molecule has 0 unspecified atom stereocenters. The van der Waals surface area contributed by atoms with Gasteiger partial charge in [0.15, 0.2) is 0 Å². The molecule has 0 saturated heterocycles. The van der Waals surface area contributed by atoms with E-state index in [-0.39, 0.29) is 6.61 Å². The Morgan fingerprint density at radius 1 is 1.11 bits per heavy atom. The van der Waals surface area contributed by atoms with Crippen LogP contribution in [0.15, 0.2) is 65.7 Å². The van der Waals surface area contributed by atoms with Crippen molar-refractivity contribution >= 4 is 17.6 Å². The third kappa shape index (κ3) is 4.41. The number of allylic oxidation sites excluding steroid dienone is 2. The minimum absolute atomic E-state index is 0.0650. The summed E-state index contributed by atoms with van der Waals surface area (Å²) in [5, 5.41) is -1.20. The zero-order chi connectivity index (χ0) is 20.5. The number of benzene rings is 2. The summed E-state index contributed by atoms with van der Waals surface area (Å²) >= 11 is 5.32. The highest BCUT2D eigenvalue weighted by Gasteiger charge is 2.62. The minimum atomic E-state index is -4.60. The summed E-state index contributed by atoms with van der Waals surface area (Å²) < 4.78 is 43.3. The molecule has 0 aromatic heterocycles. The van der Waals surface area contributed by atoms with Crippen molar-refractivity contribution in [2.45, 2.75) is 26.6 Å². The van der Waals surface area contributed by atoms with Crippen molar-refractivity contribution < 1.29 is 22.7 Å². The second-order valence-corrected chi connectivity index (χ2v) is 7.92. The van der Waals surface area contributed by atoms with Gasteiger partial charge in [-0.05, 0) is 34.1 Å². The molecule has 0 radical (unpaired) electrons. The van der Waals surface area contributed by atoms with Crippen LogP contribution in [-0.2, 0) is 16.1 Å². The van der Waals surface area contributed by atoms with Gasteiger partial charge in [0.25, 0.3) is 0 Å². The van der Waals surface area contributed by atoms with Crippen LogP contribution in [0.4, 0.5) is 13.2 Å². The lowest BCUT2D eigenvalue weighted by Gasteiger charge is -2.08. The van der Waals surface area contributed by atoms with E-state index in [1.54, 1.807) is 13.8 Å². The molecule has 2 nitrogen and oxygen atoms in total. The van der Waals surface area contributed by atoms with Gasteiger partial charge in [0.1, 0.15) is 11.6 Å². The Morgan fingerprint density at radius 2 is 1.75 bits per heavy atom. The highest BCUT2D eigenvalue weighted by Crippen LogP contribution is 2.60. The van der Waals surface area contributed by atoms with Gasteiger partial charge < -0.3 is 4.74 Å². The first-order chi connectivity index (χ1) is 13.1. The van der Waals surface area contributed by atoms with Gasteiger partial charge in [-0.3, -0.25) is 4.79 Å². The van der Waals surface area contributed by atoms with E-state index in [0.717, 1.165) is 22.8 Å². The number of ether oxygens (including phenoxy) is 1. The molecule has 6 heteroatoms. The summed E-state index contributed by atoms with van der Waals surface area (Å²) in [6.45, 7) is 3.53. The lowest BCUT2D eigenvalue weighted by Crippen LogP contribution is -2.11. The number of carbonyl (C=O) groups excluding carboxylic acids is 1. The molecule has 0 amide bonds. The van der Waals surface area contributed by atoms with E-state index < -0.39 is 34.4 Å². The average Bonchev–Trinajstić information content (AvgIpc) is 3.20. The van der Waals surface area contributed by atoms with Gasteiger partial charge in [-0.15, -0.1) is 0 Å². The number of halogens is 4. The molecule has 1 saturated carbocycles. The maximum atomic E-state index is 12.6. The van der Waals surface area contributed by atoms with Crippen molar-refractivity contribution in [3.63, 3.8) is 0 Å². The Kier molecular flexibility index (Phi) is 5.57. The number of hydrogen-bond donors (Lipinski definition) is 0. The van der Waals surface area contributed by atoms with Crippen LogP contribution in [0.1, 0.15) is 19.4 Å². The quantitative estimate of drug-likeness (QED) is 0.538. The molecule has 1 aliphatic rings. The van der Waals surface area contributed by atoms with E-state index in [0.29, 0.717) is 0 Å². The van der Waals surface area contributed by atoms with Crippen molar-refractivity contribution in [2.24, 2.45) is 17.3 Å². The lowest BCUT2D eigenvalue weighted by molar-refractivity contribution is -0.147. The summed E-state index contributed by atoms with van der Waals surface area (Å²) in [4.78, 5) is 12.4. The Balaban J connectivity index is 1.65. The monoisotopic (exact) mass is 408 g/mol. The molecule has 148 valence electrons. The molecule has 0 aliphatic heterocycles. The van der Waals surface area contributed by atoms with E-state index in [4.69, 9.17) is 16.3 Å². The fourth-order valence-electron chi connectivity index (χ4n) is 3.41. The van der Waals surface area contributed by atoms with Crippen LogP contribution in [0, 0.1) is 17.3 Å². The van der Waals surface area contributed by atoms with Gasteiger partial charge in [0.2, 0.25) is 0 Å². The van der Waals surface area contributed by atoms with Crippen LogP contribution in [-0.4, -0.2) is 12.1 Å². The Morgan fingerprint density at radius 3 is 2.39 bits per heavy atom. The Bertz CT molecular complexity index is 888. The number of alkyl halides is 3. The van der Waals surface area contributed by atoms with Crippen molar-refractivity contribution in [1.82, 2.24) is 0 Å². The summed E-state index contributed by atoms with van der Waals surface area (Å²) in [5.74, 6) is -1.74. The van der Waals surface area contributed by atoms with E-state index >= 15 is 0 Å². The van der Waals surface area contributed by atoms with Gasteiger partial charge in [-0.1, -0.05) is 80.1 Å². The van der Waals surface area contributed by atoms with Crippen molar-refractivity contribution in [3.8, 4) is 11.1 Å². The highest BCUT2D eigenvalue weighted by atomic mass is 35.5. The van der Waals surface area contributed by atoms with Gasteiger partial charge >= 0.3 is 12.1 Å². The molecule has 0 bridgehead atoms. The standard InChI is InChI=1S/C22H20ClF3O2/c1-21(2)17(12-18(23)22(24,25)26)19(21)20(27)28-13-14-7-6-10-16(11-14)15-8-4-3-5-9-15/h3-12,17,19H,13H2,1-2H3/t17-,19-/m0/s1. The van der Waals surface area contributed by atoms with Gasteiger partial charge in [-0.2, -0.15) is 13.2 Å². The van der Waals surface area contributed by atoms with Crippen molar-refractivity contribution in [2.75, 3.05) is 0 Å². The molecule has 2 aromatic carbocycles. The van der Waals surface area contributed by atoms with E-state index in [1.165, 1.54) is 0 Å². The number of esters is 1. The molecule has 0 N–H and O–H groups in total. The Hall–Kier alpha value is -2.27. The molecule has 1 aliphatic carbocycles. The van der Waals surface area contributed by atoms with Crippen molar-refractivity contribution in [3.05, 3.63) is 71.3 Å². The maximum absolute atomic E-state index is 12.6. The summed E-state index contributed by atoms with van der Waals surface area (Å²) in [7, 11) is 0. The second kappa shape index (κ2) is 7.63. The van der Waals surface area contributed by atoms with Crippen LogP contribution >= 0.6 is 11.6 Å². The number of hydrogen-bond acceptors (Lipinski definition) is 2. The van der Waals surface area contributed by atoms with E-state index in [2.05, 4.69) is 0 Å². The fourth-order valence-corrected chi connectivity index (χ4v) is 3.54. The van der Waals surface area contributed by atoms with Crippen LogP contribution in [0.2, 0.25) is 0 Å². The first-order valence-electron chi connectivity index (χ1n) is 8.86. The topological polar surface area (TPSA) is 26.3 Å². The summed E-state index contributed by atoms with van der Waals surface area (Å²) in [6.07, 6.45) is -3.68. The van der Waals surface area contributed by atoms with E-state index in [9.17, 15) is 18.0 Å². The molecule has 2 atom stereocenters. The van der Waals surface area contributed by atoms with Crippen LogP contribution in [0.5, 0.6) is 0 Å². The third-order valence-corrected chi connectivity index (χ3v) is 5.52. The zero-order valence-corrected chi connectivity index (χ0v) is 16.2. The molecule has 0 spiro atoms. The second-order valence-electron chi connectivity index (χ2n) is 7.51. The van der Waals surface area contributed by atoms with E-state index in [1.807, 2.05) is 54.6 Å². The molecular formula is C22H20ClF3O2. The smallest absolute Gasteiger partial charge is 0.426 e. The van der Waals surface area contributed by atoms with Gasteiger partial charge in [-0.25, -0.2) is 0 Å². The number of rotatable bonds is 5. The average molecular weight is 409 g/mol. The molecule has 2 aromatic rings. The maximum Gasteiger partial charge on any atom is 0.426 e. The van der Waals surface area contributed by atoms with Crippen LogP contribution in [0.25, 0.3) is 11.1 Å². The number of carbonyl (C=O) groups is 1. The molecular weight excluding hydrogens is 389 g/mol. The van der Waals surface area contributed by atoms with Gasteiger partial charge in [0.05, 0.1) is 5.92 Å². The third-order valence-electron chi connectivity index (χ3n) is 5.18. The largest absolute Gasteiger partial charge is 0.461 e. The molecule has 3 rings (SSSR count). The summed E-state index contributed by atoms with van der Waals surface area (Å²) in [6, 6.07) is 17.4. The fraction of sp³-hybridized carbons (Fsp3) is 0.318. The zero-order valence-electron chi connectivity index (χ0n) is 15.5. The molecule has 28 heavy (non-hydrogen) atoms. The van der Waals surface area contributed by atoms with Crippen molar-refractivity contribution in [1.29, 1.82) is 0 Å². The SMILES string of the molecule is CC1(C)[C@H](C(=O)OCc2cccc(-c3ccccc3)c2)[C@@H]1C=C(Cl)C(F)(F)F. The minimum Gasteiger partial charge on any atom is -0.461 e. The first-order valence-corrected chi connectivity index (χ1v) is 9.24. The predicted octanol–water partition coefficient (Wildman–Crippen LogP) is 6.35. The highest BCUT2D eigenvalue weighted by molar-refractivity contribution is 6.30. The first kappa shape index (κ1) is 20.5. The molecule has 1 fully saturated rings.